The zero-order valence-corrected chi connectivity index (χ0v) is 9.83. The molecule has 0 fully saturated rings. The number of benzene rings is 1. The first kappa shape index (κ1) is 13.3. The molecule has 0 aromatic heterocycles. The number of para-hydroxylation sites is 1. The number of nitrogens with one attached hydrogen (secondary N) is 2. The van der Waals surface area contributed by atoms with Crippen molar-refractivity contribution in [3.8, 4) is 0 Å². The number of hydrogen-bond donors (Lipinski definition) is 3. The second-order valence-electron chi connectivity index (χ2n) is 3.27. The number of halogens is 1. The van der Waals surface area contributed by atoms with Crippen LogP contribution in [0.1, 0.15) is 16.8 Å². The molecule has 2 amide bonds. The first-order chi connectivity index (χ1) is 8.15. The number of carbonyl (C=O) groups is 2. The molecule has 0 spiro atoms. The van der Waals surface area contributed by atoms with Crippen molar-refractivity contribution in [3.05, 3.63) is 29.8 Å². The molecule has 0 atom stereocenters. The molecule has 1 rings (SSSR count). The van der Waals surface area contributed by atoms with Crippen LogP contribution in [0, 0.1) is 0 Å². The number of carboxylic acid groups (broad SMARTS) is 1. The Morgan fingerprint density at radius 3 is 2.65 bits per heavy atom. The van der Waals surface area contributed by atoms with Crippen molar-refractivity contribution in [2.45, 2.75) is 6.42 Å². The van der Waals surface area contributed by atoms with Gasteiger partial charge in [-0.1, -0.05) is 12.1 Å². The molecule has 92 valence electrons. The maximum Gasteiger partial charge on any atom is 0.337 e. The molecular formula is C11H13ClN2O3. The smallest absolute Gasteiger partial charge is 0.337 e. The molecule has 5 nitrogen and oxygen atoms in total. The molecule has 6 heteroatoms. The molecule has 17 heavy (non-hydrogen) atoms. The molecule has 0 heterocycles. The van der Waals surface area contributed by atoms with E-state index in [0.717, 1.165) is 0 Å². The molecule has 0 saturated heterocycles. The van der Waals surface area contributed by atoms with Gasteiger partial charge in [0.15, 0.2) is 0 Å². The van der Waals surface area contributed by atoms with Crippen molar-refractivity contribution in [1.29, 1.82) is 0 Å². The summed E-state index contributed by atoms with van der Waals surface area (Å²) in [6.07, 6.45) is 0.662. The van der Waals surface area contributed by atoms with E-state index in [1.165, 1.54) is 12.1 Å². The van der Waals surface area contributed by atoms with E-state index in [4.69, 9.17) is 16.7 Å². The Labute approximate surface area is 104 Å². The van der Waals surface area contributed by atoms with E-state index in [0.29, 0.717) is 18.8 Å². The topological polar surface area (TPSA) is 78.4 Å². The zero-order valence-electron chi connectivity index (χ0n) is 9.07. The zero-order chi connectivity index (χ0) is 12.7. The molecule has 0 bridgehead atoms. The minimum atomic E-state index is -1.08. The minimum Gasteiger partial charge on any atom is -0.478 e. The van der Waals surface area contributed by atoms with Gasteiger partial charge in [-0.15, -0.1) is 11.6 Å². The lowest BCUT2D eigenvalue weighted by Gasteiger charge is -2.09. The number of urea groups is 1. The predicted molar refractivity (Wildman–Crippen MR) is 65.8 cm³/mol. The maximum atomic E-state index is 11.4. The van der Waals surface area contributed by atoms with Gasteiger partial charge in [0, 0.05) is 12.4 Å². The van der Waals surface area contributed by atoms with Crippen LogP contribution in [0.15, 0.2) is 24.3 Å². The summed E-state index contributed by atoms with van der Waals surface area (Å²) in [6.45, 7) is 0.449. The number of rotatable bonds is 5. The summed E-state index contributed by atoms with van der Waals surface area (Å²) < 4.78 is 0. The van der Waals surface area contributed by atoms with Crippen LogP contribution in [-0.2, 0) is 0 Å². The highest BCUT2D eigenvalue weighted by molar-refractivity contribution is 6.17. The Kier molecular flexibility index (Phi) is 5.29. The van der Waals surface area contributed by atoms with Crippen molar-refractivity contribution in [2.75, 3.05) is 17.7 Å². The van der Waals surface area contributed by atoms with Crippen LogP contribution in [-0.4, -0.2) is 29.5 Å². The average molecular weight is 257 g/mol. The van der Waals surface area contributed by atoms with Gasteiger partial charge in [-0.05, 0) is 18.6 Å². The van der Waals surface area contributed by atoms with Crippen molar-refractivity contribution in [3.63, 3.8) is 0 Å². The average Bonchev–Trinajstić information content (AvgIpc) is 2.29. The number of amides is 2. The van der Waals surface area contributed by atoms with E-state index in [-0.39, 0.29) is 11.3 Å². The van der Waals surface area contributed by atoms with Crippen LogP contribution in [0.4, 0.5) is 10.5 Å². The molecule has 0 aliphatic heterocycles. The third-order valence-corrected chi connectivity index (χ3v) is 2.27. The third-order valence-electron chi connectivity index (χ3n) is 2.00. The highest BCUT2D eigenvalue weighted by atomic mass is 35.5. The van der Waals surface area contributed by atoms with Gasteiger partial charge in [-0.2, -0.15) is 0 Å². The standard InChI is InChI=1S/C11H13ClN2O3/c12-6-3-7-13-11(17)14-9-5-2-1-4-8(9)10(15)16/h1-2,4-5H,3,6-7H2,(H,15,16)(H2,13,14,17). The molecule has 0 unspecified atom stereocenters. The lowest BCUT2D eigenvalue weighted by molar-refractivity contribution is 0.0698. The van der Waals surface area contributed by atoms with E-state index in [2.05, 4.69) is 10.6 Å². The normalized spacial score (nSPS) is 9.71. The summed E-state index contributed by atoms with van der Waals surface area (Å²) in [5.41, 5.74) is 0.323. The number of hydrogen-bond acceptors (Lipinski definition) is 2. The second kappa shape index (κ2) is 6.75. The van der Waals surface area contributed by atoms with Gasteiger partial charge < -0.3 is 15.7 Å². The largest absolute Gasteiger partial charge is 0.478 e. The van der Waals surface area contributed by atoms with Gasteiger partial charge in [-0.25, -0.2) is 9.59 Å². The van der Waals surface area contributed by atoms with Crippen LogP contribution in [0.5, 0.6) is 0 Å². The lowest BCUT2D eigenvalue weighted by Crippen LogP contribution is -2.30. The van der Waals surface area contributed by atoms with Crippen LogP contribution < -0.4 is 10.6 Å². The Bertz CT molecular complexity index is 409. The lowest BCUT2D eigenvalue weighted by atomic mass is 10.2. The highest BCUT2D eigenvalue weighted by Crippen LogP contribution is 2.14. The Morgan fingerprint density at radius 2 is 2.00 bits per heavy atom. The summed E-state index contributed by atoms with van der Waals surface area (Å²) in [5, 5.41) is 14.0. The fourth-order valence-corrected chi connectivity index (χ4v) is 1.35. The first-order valence-corrected chi connectivity index (χ1v) is 5.61. The molecular weight excluding hydrogens is 244 g/mol. The third kappa shape index (κ3) is 4.32. The molecule has 3 N–H and O–H groups in total. The molecule has 0 saturated carbocycles. The highest BCUT2D eigenvalue weighted by Gasteiger charge is 2.10. The summed E-state index contributed by atoms with van der Waals surface area (Å²) in [7, 11) is 0. The molecule has 1 aromatic carbocycles. The molecule has 0 aliphatic rings. The number of carboxylic acids is 1. The minimum absolute atomic E-state index is 0.0555. The summed E-state index contributed by atoms with van der Waals surface area (Å²) in [4.78, 5) is 22.3. The van der Waals surface area contributed by atoms with Crippen molar-refractivity contribution in [2.24, 2.45) is 0 Å². The summed E-state index contributed by atoms with van der Waals surface area (Å²) >= 11 is 5.46. The van der Waals surface area contributed by atoms with E-state index in [9.17, 15) is 9.59 Å². The Balaban J connectivity index is 2.61. The fourth-order valence-electron chi connectivity index (χ4n) is 1.21. The Hall–Kier alpha value is -1.75. The molecule has 0 radical (unpaired) electrons. The van der Waals surface area contributed by atoms with Crippen LogP contribution >= 0.6 is 11.6 Å². The van der Waals surface area contributed by atoms with Crippen LogP contribution in [0.2, 0.25) is 0 Å². The van der Waals surface area contributed by atoms with Crippen LogP contribution in [0.3, 0.4) is 0 Å². The first-order valence-electron chi connectivity index (χ1n) is 5.08. The molecule has 1 aromatic rings. The van der Waals surface area contributed by atoms with Gasteiger partial charge in [0.05, 0.1) is 11.3 Å². The Morgan fingerprint density at radius 1 is 1.29 bits per heavy atom. The van der Waals surface area contributed by atoms with Gasteiger partial charge in [0.1, 0.15) is 0 Å². The van der Waals surface area contributed by atoms with Gasteiger partial charge in [0.25, 0.3) is 0 Å². The quantitative estimate of drug-likeness (QED) is 0.558. The fraction of sp³-hybridized carbons (Fsp3) is 0.273. The summed E-state index contributed by atoms with van der Waals surface area (Å²) in [5.74, 6) is -0.618. The van der Waals surface area contributed by atoms with E-state index >= 15 is 0 Å². The number of carbonyl (C=O) groups excluding carboxylic acids is 1. The molecule has 0 aliphatic carbocycles. The van der Waals surface area contributed by atoms with E-state index < -0.39 is 12.0 Å². The summed E-state index contributed by atoms with van der Waals surface area (Å²) in [6, 6.07) is 5.77. The number of alkyl halides is 1. The second-order valence-corrected chi connectivity index (χ2v) is 3.65. The van der Waals surface area contributed by atoms with Gasteiger partial charge in [0.2, 0.25) is 0 Å². The van der Waals surface area contributed by atoms with E-state index in [1.807, 2.05) is 0 Å². The van der Waals surface area contributed by atoms with Gasteiger partial charge in [-0.3, -0.25) is 0 Å². The SMILES string of the molecule is O=C(NCCCCl)Nc1ccccc1C(=O)O. The number of aromatic carboxylic acids is 1. The van der Waals surface area contributed by atoms with E-state index in [1.54, 1.807) is 12.1 Å². The van der Waals surface area contributed by atoms with Gasteiger partial charge >= 0.3 is 12.0 Å². The van der Waals surface area contributed by atoms with Crippen molar-refractivity contribution in [1.82, 2.24) is 5.32 Å². The predicted octanol–water partition coefficient (Wildman–Crippen LogP) is 2.14. The number of anilines is 1. The maximum absolute atomic E-state index is 11.4. The monoisotopic (exact) mass is 256 g/mol. The van der Waals surface area contributed by atoms with Crippen molar-refractivity contribution >= 4 is 29.3 Å². The van der Waals surface area contributed by atoms with Crippen molar-refractivity contribution < 1.29 is 14.7 Å². The van der Waals surface area contributed by atoms with Crippen LogP contribution in [0.25, 0.3) is 0 Å².